The molecule has 0 saturated carbocycles. The van der Waals surface area contributed by atoms with E-state index in [1.807, 2.05) is 25.8 Å². The molecule has 2 rings (SSSR count). The lowest BCUT2D eigenvalue weighted by atomic mass is 9.84. The maximum atomic E-state index is 12.8. The van der Waals surface area contributed by atoms with Crippen LogP contribution in [-0.2, 0) is 6.18 Å². The Balaban J connectivity index is 2.19. The van der Waals surface area contributed by atoms with Crippen molar-refractivity contribution in [3.05, 3.63) is 35.4 Å². The molecule has 1 fully saturated rings. The summed E-state index contributed by atoms with van der Waals surface area (Å²) in [6.07, 6.45) is -2.26. The molecule has 0 amide bonds. The summed E-state index contributed by atoms with van der Waals surface area (Å²) in [5.41, 5.74) is 6.37. The molecule has 7 heteroatoms. The molecular formula is C19H29F3N4. The first-order chi connectivity index (χ1) is 12.3. The zero-order valence-electron chi connectivity index (χ0n) is 15.8. The zero-order valence-corrected chi connectivity index (χ0v) is 15.8. The minimum absolute atomic E-state index is 0.0549. The number of guanidine groups is 1. The molecule has 1 saturated heterocycles. The van der Waals surface area contributed by atoms with Crippen LogP contribution >= 0.6 is 0 Å². The Bertz CT molecular complexity index is 594. The number of piperidine rings is 1. The average molecular weight is 370 g/mol. The topological polar surface area (TPSA) is 44.9 Å². The van der Waals surface area contributed by atoms with Crippen molar-refractivity contribution in [2.75, 3.05) is 33.2 Å². The van der Waals surface area contributed by atoms with Gasteiger partial charge in [-0.1, -0.05) is 12.1 Å². The van der Waals surface area contributed by atoms with Crippen LogP contribution < -0.4 is 5.73 Å². The Morgan fingerprint density at radius 1 is 1.23 bits per heavy atom. The Kier molecular flexibility index (Phi) is 6.92. The maximum Gasteiger partial charge on any atom is 0.416 e. The Hall–Kier alpha value is -1.76. The van der Waals surface area contributed by atoms with E-state index in [-0.39, 0.29) is 12.0 Å². The lowest BCUT2D eigenvalue weighted by Gasteiger charge is -2.39. The van der Waals surface area contributed by atoms with Crippen molar-refractivity contribution in [3.63, 3.8) is 0 Å². The van der Waals surface area contributed by atoms with E-state index in [4.69, 9.17) is 5.73 Å². The largest absolute Gasteiger partial charge is 0.416 e. The summed E-state index contributed by atoms with van der Waals surface area (Å²) < 4.78 is 38.5. The molecule has 0 bridgehead atoms. The van der Waals surface area contributed by atoms with Crippen LogP contribution in [0.4, 0.5) is 13.2 Å². The second-order valence-corrected chi connectivity index (χ2v) is 6.82. The van der Waals surface area contributed by atoms with E-state index in [9.17, 15) is 13.2 Å². The minimum Gasteiger partial charge on any atom is -0.370 e. The highest BCUT2D eigenvalue weighted by Gasteiger charge is 2.33. The number of halogens is 3. The number of alkyl halides is 3. The third-order valence-corrected chi connectivity index (χ3v) is 5.16. The molecule has 2 atom stereocenters. The first-order valence-corrected chi connectivity index (χ1v) is 9.20. The van der Waals surface area contributed by atoms with E-state index in [1.165, 1.54) is 12.1 Å². The van der Waals surface area contributed by atoms with Gasteiger partial charge in [0.2, 0.25) is 0 Å². The number of hydrogen-bond acceptors (Lipinski definition) is 2. The van der Waals surface area contributed by atoms with Crippen molar-refractivity contribution in [2.45, 2.75) is 38.9 Å². The maximum absolute atomic E-state index is 12.8. The van der Waals surface area contributed by atoms with E-state index in [0.29, 0.717) is 12.5 Å². The standard InChI is InChI=1S/C19H29F3N4/c1-4-26(5-2)18(23)24-13-15-7-6-12-25(3)17(15)14-8-10-16(11-9-14)19(20,21)22/h8-11,15,17H,4-7,12-13H2,1-3H3,(H2,23,24). The number of nitrogens with zero attached hydrogens (tertiary/aromatic N) is 3. The van der Waals surface area contributed by atoms with Crippen LogP contribution in [0.2, 0.25) is 0 Å². The van der Waals surface area contributed by atoms with Gasteiger partial charge in [0.25, 0.3) is 0 Å². The highest BCUT2D eigenvalue weighted by molar-refractivity contribution is 5.78. The monoisotopic (exact) mass is 370 g/mol. The van der Waals surface area contributed by atoms with Gasteiger partial charge in [0.15, 0.2) is 5.96 Å². The van der Waals surface area contributed by atoms with Crippen molar-refractivity contribution in [1.29, 1.82) is 0 Å². The smallest absolute Gasteiger partial charge is 0.370 e. The number of benzene rings is 1. The van der Waals surface area contributed by atoms with Crippen molar-refractivity contribution < 1.29 is 13.2 Å². The van der Waals surface area contributed by atoms with Gasteiger partial charge in [-0.2, -0.15) is 13.2 Å². The first kappa shape index (κ1) is 20.6. The highest BCUT2D eigenvalue weighted by atomic mass is 19.4. The SMILES string of the molecule is CCN(CC)C(N)=NCC1CCCN(C)C1c1ccc(C(F)(F)F)cc1. The first-order valence-electron chi connectivity index (χ1n) is 9.20. The van der Waals surface area contributed by atoms with Gasteiger partial charge in [0.05, 0.1) is 5.56 Å². The van der Waals surface area contributed by atoms with Gasteiger partial charge in [-0.05, 0) is 63.9 Å². The summed E-state index contributed by atoms with van der Waals surface area (Å²) in [6, 6.07) is 5.59. The van der Waals surface area contributed by atoms with Gasteiger partial charge in [0.1, 0.15) is 0 Å². The molecule has 1 aliphatic rings. The van der Waals surface area contributed by atoms with Crippen LogP contribution in [-0.4, -0.2) is 49.0 Å². The van der Waals surface area contributed by atoms with Crippen LogP contribution in [0.3, 0.4) is 0 Å². The molecule has 2 N–H and O–H groups in total. The van der Waals surface area contributed by atoms with E-state index < -0.39 is 11.7 Å². The van der Waals surface area contributed by atoms with Crippen LogP contribution in [0, 0.1) is 5.92 Å². The fourth-order valence-electron chi connectivity index (χ4n) is 3.71. The summed E-state index contributed by atoms with van der Waals surface area (Å²) in [6.45, 7) is 7.18. The fourth-order valence-corrected chi connectivity index (χ4v) is 3.71. The Labute approximate surface area is 153 Å². The fraction of sp³-hybridized carbons (Fsp3) is 0.632. The molecule has 2 unspecified atom stereocenters. The molecule has 0 radical (unpaired) electrons. The number of rotatable bonds is 5. The molecule has 1 aromatic carbocycles. The second-order valence-electron chi connectivity index (χ2n) is 6.82. The normalized spacial score (nSPS) is 22.5. The minimum atomic E-state index is -4.31. The quantitative estimate of drug-likeness (QED) is 0.634. The van der Waals surface area contributed by atoms with Gasteiger partial charge in [0, 0.05) is 25.7 Å². The lowest BCUT2D eigenvalue weighted by molar-refractivity contribution is -0.137. The summed E-state index contributed by atoms with van der Waals surface area (Å²) >= 11 is 0. The highest BCUT2D eigenvalue weighted by Crippen LogP contribution is 2.37. The third-order valence-electron chi connectivity index (χ3n) is 5.16. The summed E-state index contributed by atoms with van der Waals surface area (Å²) in [5.74, 6) is 0.772. The van der Waals surface area contributed by atoms with Gasteiger partial charge >= 0.3 is 6.18 Å². The summed E-state index contributed by atoms with van der Waals surface area (Å²) in [4.78, 5) is 8.78. The third kappa shape index (κ3) is 4.90. The molecule has 0 spiro atoms. The van der Waals surface area contributed by atoms with E-state index in [0.717, 1.165) is 38.0 Å². The zero-order chi connectivity index (χ0) is 19.3. The molecule has 1 aromatic rings. The molecule has 26 heavy (non-hydrogen) atoms. The molecular weight excluding hydrogens is 341 g/mol. The summed E-state index contributed by atoms with van der Waals surface area (Å²) in [5, 5.41) is 0. The predicted octanol–water partition coefficient (Wildman–Crippen LogP) is 3.74. The van der Waals surface area contributed by atoms with Crippen molar-refractivity contribution in [2.24, 2.45) is 16.6 Å². The molecule has 0 aliphatic carbocycles. The Morgan fingerprint density at radius 2 is 1.85 bits per heavy atom. The van der Waals surface area contributed by atoms with E-state index in [2.05, 4.69) is 9.89 Å². The number of nitrogens with two attached hydrogens (primary N) is 1. The van der Waals surface area contributed by atoms with Crippen LogP contribution in [0.25, 0.3) is 0 Å². The number of hydrogen-bond donors (Lipinski definition) is 1. The Morgan fingerprint density at radius 3 is 2.38 bits per heavy atom. The van der Waals surface area contributed by atoms with E-state index in [1.54, 1.807) is 12.1 Å². The molecule has 0 aromatic heterocycles. The predicted molar refractivity (Wildman–Crippen MR) is 98.9 cm³/mol. The van der Waals surface area contributed by atoms with Crippen LogP contribution in [0.5, 0.6) is 0 Å². The van der Waals surface area contributed by atoms with Gasteiger partial charge in [-0.3, -0.25) is 9.89 Å². The summed E-state index contributed by atoms with van der Waals surface area (Å²) in [7, 11) is 2.02. The molecule has 1 heterocycles. The lowest BCUT2D eigenvalue weighted by Crippen LogP contribution is -2.40. The molecule has 4 nitrogen and oxygen atoms in total. The van der Waals surface area contributed by atoms with E-state index >= 15 is 0 Å². The molecule has 146 valence electrons. The van der Waals surface area contributed by atoms with Gasteiger partial charge < -0.3 is 10.6 Å². The van der Waals surface area contributed by atoms with Crippen LogP contribution in [0.15, 0.2) is 29.3 Å². The second kappa shape index (κ2) is 8.75. The van der Waals surface area contributed by atoms with Crippen molar-refractivity contribution in [1.82, 2.24) is 9.80 Å². The van der Waals surface area contributed by atoms with Gasteiger partial charge in [-0.25, -0.2) is 0 Å². The van der Waals surface area contributed by atoms with Crippen LogP contribution in [0.1, 0.15) is 43.9 Å². The number of likely N-dealkylation sites (tertiary alicyclic amines) is 1. The van der Waals surface area contributed by atoms with Gasteiger partial charge in [-0.15, -0.1) is 0 Å². The average Bonchev–Trinajstić information content (AvgIpc) is 2.60. The van der Waals surface area contributed by atoms with Crippen molar-refractivity contribution >= 4 is 5.96 Å². The van der Waals surface area contributed by atoms with Crippen molar-refractivity contribution in [3.8, 4) is 0 Å². The molecule has 1 aliphatic heterocycles. The number of aliphatic imine (C=N–C) groups is 1.